The largest absolute Gasteiger partial charge is 0.0850 e. The lowest BCUT2D eigenvalue weighted by Crippen LogP contribution is -2.48. The second-order valence-electron chi connectivity index (χ2n) is 5.92. The highest BCUT2D eigenvalue weighted by Gasteiger charge is 2.50. The average Bonchev–Trinajstić information content (AvgIpc) is 2.03. The van der Waals surface area contributed by atoms with Gasteiger partial charge in [-0.15, -0.1) is 0 Å². The molecule has 2 unspecified atom stereocenters. The van der Waals surface area contributed by atoms with E-state index in [-0.39, 0.29) is 8.80 Å². The summed E-state index contributed by atoms with van der Waals surface area (Å²) in [4.78, 5) is 0. The van der Waals surface area contributed by atoms with E-state index >= 15 is 0 Å². The molecule has 0 spiro atoms. The predicted octanol–water partition coefficient (Wildman–Crippen LogP) is 3.47. The smallest absolute Gasteiger partial charge is 0.0348 e. The van der Waals surface area contributed by atoms with Crippen LogP contribution in [0.1, 0.15) is 26.7 Å². The van der Waals surface area contributed by atoms with E-state index in [1.807, 2.05) is 5.57 Å². The van der Waals surface area contributed by atoms with Gasteiger partial charge in [-0.2, -0.15) is 0 Å². The summed E-state index contributed by atoms with van der Waals surface area (Å²) in [7, 11) is -0.384. The van der Waals surface area contributed by atoms with Crippen molar-refractivity contribution in [3.8, 4) is 0 Å². The van der Waals surface area contributed by atoms with Crippen LogP contribution in [0.15, 0.2) is 11.6 Å². The van der Waals surface area contributed by atoms with Crippen molar-refractivity contribution in [1.29, 1.82) is 0 Å². The summed E-state index contributed by atoms with van der Waals surface area (Å²) in [6.07, 6.45) is 5.44. The van der Waals surface area contributed by atoms with Gasteiger partial charge in [0.1, 0.15) is 0 Å². The van der Waals surface area contributed by atoms with E-state index in [4.69, 9.17) is 0 Å². The topological polar surface area (TPSA) is 0 Å². The molecule has 0 nitrogen and oxygen atoms in total. The first-order valence-electron chi connectivity index (χ1n) is 5.70. The Labute approximate surface area is 84.0 Å². The maximum absolute atomic E-state index is 2.57. The van der Waals surface area contributed by atoms with Gasteiger partial charge in [0.2, 0.25) is 0 Å². The summed E-state index contributed by atoms with van der Waals surface area (Å²) in [5, 5.41) is 0. The fraction of sp³-hybridized carbons (Fsp3) is 0.833. The van der Waals surface area contributed by atoms with Gasteiger partial charge in [-0.05, 0) is 36.1 Å². The zero-order valence-corrected chi connectivity index (χ0v) is 10.6. The number of hydrogen-bond donors (Lipinski definition) is 0. The van der Waals surface area contributed by atoms with E-state index < -0.39 is 0 Å². The van der Waals surface area contributed by atoms with Crippen molar-refractivity contribution in [3.63, 3.8) is 0 Å². The SMILES string of the molecule is C[SiH](C)CC1=CCC2CC1C2(C)C. The molecule has 0 aromatic rings. The quantitative estimate of drug-likeness (QED) is 0.466. The zero-order valence-electron chi connectivity index (χ0n) is 9.43. The molecular weight excluding hydrogens is 172 g/mol. The van der Waals surface area contributed by atoms with Crippen LogP contribution in [0.4, 0.5) is 0 Å². The molecular formula is C12H22Si. The highest BCUT2D eigenvalue weighted by Crippen LogP contribution is 2.59. The Morgan fingerprint density at radius 1 is 1.46 bits per heavy atom. The summed E-state index contributed by atoms with van der Waals surface area (Å²) >= 11 is 0. The fourth-order valence-electron chi connectivity index (χ4n) is 3.18. The van der Waals surface area contributed by atoms with E-state index in [9.17, 15) is 0 Å². The van der Waals surface area contributed by atoms with Crippen LogP contribution in [0, 0.1) is 17.3 Å². The van der Waals surface area contributed by atoms with Crippen LogP contribution in [-0.2, 0) is 0 Å². The van der Waals surface area contributed by atoms with Crippen molar-refractivity contribution in [2.24, 2.45) is 17.3 Å². The van der Waals surface area contributed by atoms with Crippen LogP contribution in [0.3, 0.4) is 0 Å². The lowest BCUT2D eigenvalue weighted by molar-refractivity contribution is -0.00583. The van der Waals surface area contributed by atoms with Crippen LogP contribution in [-0.4, -0.2) is 8.80 Å². The molecule has 3 aliphatic rings. The van der Waals surface area contributed by atoms with Gasteiger partial charge in [-0.3, -0.25) is 0 Å². The molecule has 0 radical (unpaired) electrons. The van der Waals surface area contributed by atoms with Crippen LogP contribution < -0.4 is 0 Å². The highest BCUT2D eigenvalue weighted by atomic mass is 28.3. The summed E-state index contributed by atoms with van der Waals surface area (Å²) in [5.74, 6) is 1.97. The summed E-state index contributed by atoms with van der Waals surface area (Å²) in [6.45, 7) is 9.89. The van der Waals surface area contributed by atoms with Crippen LogP contribution >= 0.6 is 0 Å². The van der Waals surface area contributed by atoms with Crippen molar-refractivity contribution in [2.75, 3.05) is 0 Å². The van der Waals surface area contributed by atoms with Crippen molar-refractivity contribution >= 4 is 8.80 Å². The second-order valence-corrected chi connectivity index (χ2v) is 9.12. The first-order valence-corrected chi connectivity index (χ1v) is 8.83. The van der Waals surface area contributed by atoms with Gasteiger partial charge < -0.3 is 0 Å². The monoisotopic (exact) mass is 194 g/mol. The molecule has 0 aliphatic heterocycles. The van der Waals surface area contributed by atoms with Crippen molar-refractivity contribution in [3.05, 3.63) is 11.6 Å². The Bertz CT molecular complexity index is 238. The lowest BCUT2D eigenvalue weighted by atomic mass is 9.49. The maximum Gasteiger partial charge on any atom is 0.0348 e. The van der Waals surface area contributed by atoms with Gasteiger partial charge in [0.05, 0.1) is 0 Å². The number of allylic oxidation sites excluding steroid dienone is 2. The van der Waals surface area contributed by atoms with Gasteiger partial charge in [0.15, 0.2) is 0 Å². The molecule has 1 heteroatoms. The van der Waals surface area contributed by atoms with E-state index in [0.29, 0.717) is 5.41 Å². The standard InChI is InChI=1S/C12H22Si/c1-12(2)10-6-5-9(8-13(3)4)11(12)7-10/h5,10-11,13H,6-8H2,1-4H3. The molecule has 13 heavy (non-hydrogen) atoms. The molecule has 1 saturated carbocycles. The Hall–Kier alpha value is -0.0431. The van der Waals surface area contributed by atoms with Gasteiger partial charge in [-0.1, -0.05) is 38.6 Å². The first-order chi connectivity index (χ1) is 6.01. The molecule has 3 rings (SSSR count). The number of hydrogen-bond acceptors (Lipinski definition) is 0. The van der Waals surface area contributed by atoms with Crippen molar-refractivity contribution in [1.82, 2.24) is 0 Å². The number of fused-ring (bicyclic) bond motifs is 1. The van der Waals surface area contributed by atoms with Gasteiger partial charge >= 0.3 is 0 Å². The first kappa shape index (κ1) is 9.51. The lowest BCUT2D eigenvalue weighted by Gasteiger charge is -2.56. The molecule has 3 aliphatic carbocycles. The predicted molar refractivity (Wildman–Crippen MR) is 61.8 cm³/mol. The minimum Gasteiger partial charge on any atom is -0.0850 e. The third-order valence-corrected chi connectivity index (χ3v) is 5.51. The molecule has 2 bridgehead atoms. The molecule has 0 heterocycles. The minimum absolute atomic E-state index is 0.384. The van der Waals surface area contributed by atoms with Crippen molar-refractivity contribution < 1.29 is 0 Å². The highest BCUT2D eigenvalue weighted by molar-refractivity contribution is 6.56. The Morgan fingerprint density at radius 3 is 2.62 bits per heavy atom. The van der Waals surface area contributed by atoms with Crippen LogP contribution in [0.2, 0.25) is 19.1 Å². The van der Waals surface area contributed by atoms with E-state index in [0.717, 1.165) is 11.8 Å². The van der Waals surface area contributed by atoms with E-state index in [2.05, 4.69) is 33.0 Å². The maximum atomic E-state index is 2.57. The molecule has 2 atom stereocenters. The Kier molecular flexibility index (Phi) is 2.18. The molecule has 0 aromatic carbocycles. The second kappa shape index (κ2) is 2.98. The molecule has 0 saturated heterocycles. The van der Waals surface area contributed by atoms with Gasteiger partial charge in [0.25, 0.3) is 0 Å². The average molecular weight is 194 g/mol. The molecule has 0 aromatic heterocycles. The van der Waals surface area contributed by atoms with E-state index in [1.165, 1.54) is 18.9 Å². The summed E-state index contributed by atoms with van der Waals surface area (Å²) in [6, 6.07) is 1.47. The van der Waals surface area contributed by atoms with Crippen LogP contribution in [0.25, 0.3) is 0 Å². The fourth-order valence-corrected chi connectivity index (χ4v) is 4.57. The molecule has 74 valence electrons. The van der Waals surface area contributed by atoms with Crippen molar-refractivity contribution in [2.45, 2.75) is 45.8 Å². The summed E-state index contributed by atoms with van der Waals surface area (Å²) < 4.78 is 0. The zero-order chi connectivity index (χ0) is 9.64. The van der Waals surface area contributed by atoms with E-state index in [1.54, 1.807) is 0 Å². The number of rotatable bonds is 2. The molecule has 1 fully saturated rings. The van der Waals surface area contributed by atoms with Gasteiger partial charge in [-0.25, -0.2) is 0 Å². The molecule has 0 amide bonds. The molecule has 0 N–H and O–H groups in total. The Morgan fingerprint density at radius 2 is 2.15 bits per heavy atom. The Balaban J connectivity index is 2.10. The third kappa shape index (κ3) is 1.41. The summed E-state index contributed by atoms with van der Waals surface area (Å²) in [5.41, 5.74) is 2.47. The van der Waals surface area contributed by atoms with Gasteiger partial charge in [0, 0.05) is 8.80 Å². The minimum atomic E-state index is -0.384. The normalized spacial score (nSPS) is 35.6. The third-order valence-electron chi connectivity index (χ3n) is 4.23. The van der Waals surface area contributed by atoms with Crippen LogP contribution in [0.5, 0.6) is 0 Å².